The summed E-state index contributed by atoms with van der Waals surface area (Å²) in [6.45, 7) is 8.20. The van der Waals surface area contributed by atoms with Gasteiger partial charge in [0.1, 0.15) is 11.6 Å². The number of terminal acetylenes is 1. The molecule has 0 radical (unpaired) electrons. The second kappa shape index (κ2) is 10.1. The van der Waals surface area contributed by atoms with Crippen molar-refractivity contribution in [2.24, 2.45) is 11.8 Å². The summed E-state index contributed by atoms with van der Waals surface area (Å²) < 4.78 is 19.3. The average Bonchev–Trinajstić information content (AvgIpc) is 2.64. The second-order valence-electron chi connectivity index (χ2n) is 7.49. The molecule has 28 heavy (non-hydrogen) atoms. The molecule has 0 N–H and O–H groups in total. The smallest absolute Gasteiger partial charge is 0.152 e. The maximum absolute atomic E-state index is 13.4. The molecule has 0 aliphatic heterocycles. The summed E-state index contributed by atoms with van der Waals surface area (Å²) in [7, 11) is 0. The van der Waals surface area contributed by atoms with Crippen LogP contribution < -0.4 is 4.74 Å². The highest BCUT2D eigenvalue weighted by Crippen LogP contribution is 2.24. The van der Waals surface area contributed by atoms with Crippen molar-refractivity contribution in [3.05, 3.63) is 64.5 Å². The summed E-state index contributed by atoms with van der Waals surface area (Å²) in [5.41, 5.74) is 3.74. The molecule has 0 aromatic heterocycles. The van der Waals surface area contributed by atoms with Crippen LogP contribution in [0.1, 0.15) is 43.0 Å². The van der Waals surface area contributed by atoms with Gasteiger partial charge >= 0.3 is 0 Å². The number of aryl methyl sites for hydroxylation is 3. The first-order valence-corrected chi connectivity index (χ1v) is 9.84. The summed E-state index contributed by atoms with van der Waals surface area (Å²) in [4.78, 5) is 12.5. The van der Waals surface area contributed by atoms with Gasteiger partial charge in [0, 0.05) is 6.42 Å². The van der Waals surface area contributed by atoms with Crippen LogP contribution in [-0.4, -0.2) is 12.4 Å². The quantitative estimate of drug-likeness (QED) is 0.549. The molecule has 2 aromatic carbocycles. The zero-order valence-corrected chi connectivity index (χ0v) is 17.2. The molecule has 0 heterocycles. The number of ketones is 1. The minimum atomic E-state index is -0.364. The molecule has 0 unspecified atom stereocenters. The van der Waals surface area contributed by atoms with E-state index in [0.29, 0.717) is 18.6 Å². The van der Waals surface area contributed by atoms with E-state index in [4.69, 9.17) is 11.2 Å². The monoisotopic (exact) mass is 380 g/mol. The zero-order chi connectivity index (χ0) is 20.7. The van der Waals surface area contributed by atoms with Crippen molar-refractivity contribution in [1.29, 1.82) is 0 Å². The summed E-state index contributed by atoms with van der Waals surface area (Å²) in [5.74, 6) is 3.06. The van der Waals surface area contributed by atoms with Gasteiger partial charge in [0.2, 0.25) is 0 Å². The second-order valence-corrected chi connectivity index (χ2v) is 7.49. The van der Waals surface area contributed by atoms with E-state index in [1.54, 1.807) is 6.92 Å². The van der Waals surface area contributed by atoms with E-state index in [1.165, 1.54) is 6.07 Å². The molecule has 0 saturated carbocycles. The van der Waals surface area contributed by atoms with Crippen LogP contribution in [0.5, 0.6) is 5.75 Å². The van der Waals surface area contributed by atoms with Crippen LogP contribution in [0, 0.1) is 36.9 Å². The molecule has 148 valence electrons. The fourth-order valence-electron chi connectivity index (χ4n) is 3.31. The van der Waals surface area contributed by atoms with Crippen LogP contribution in [0.2, 0.25) is 0 Å². The van der Waals surface area contributed by atoms with Crippen LogP contribution in [0.3, 0.4) is 0 Å². The van der Waals surface area contributed by atoms with Crippen molar-refractivity contribution < 1.29 is 13.9 Å². The Balaban J connectivity index is 2.14. The number of ether oxygens (including phenoxy) is 1. The lowest BCUT2D eigenvalue weighted by atomic mass is 9.89. The van der Waals surface area contributed by atoms with Crippen molar-refractivity contribution in [2.45, 2.75) is 47.0 Å². The lowest BCUT2D eigenvalue weighted by Crippen LogP contribution is -2.20. The van der Waals surface area contributed by atoms with Gasteiger partial charge in [0.25, 0.3) is 0 Å². The molecule has 0 amide bonds. The number of hydrogen-bond acceptors (Lipinski definition) is 2. The average molecular weight is 381 g/mol. The minimum Gasteiger partial charge on any atom is -0.494 e. The maximum atomic E-state index is 13.4. The predicted octanol–water partition coefficient (Wildman–Crippen LogP) is 5.34. The van der Waals surface area contributed by atoms with Crippen molar-refractivity contribution in [3.8, 4) is 18.1 Å². The fourth-order valence-corrected chi connectivity index (χ4v) is 3.31. The normalized spacial score (nSPS) is 11.9. The standard InChI is InChI=1S/C25H29FO2/c1-6-22(17(3)4)24(27)15-20-9-12-21(25(16-20)28-7-2)11-8-19-10-13-23(26)18(5)14-19/h1,9-10,12-14,16-17,22H,7-8,11,15H2,2-5H3/t22-/m0/s1. The van der Waals surface area contributed by atoms with Crippen LogP contribution in [-0.2, 0) is 24.1 Å². The molecule has 2 aromatic rings. The molecular weight excluding hydrogens is 351 g/mol. The van der Waals surface area contributed by atoms with Crippen molar-refractivity contribution in [2.75, 3.05) is 6.61 Å². The van der Waals surface area contributed by atoms with Crippen molar-refractivity contribution in [3.63, 3.8) is 0 Å². The van der Waals surface area contributed by atoms with Gasteiger partial charge in [-0.05, 0) is 67.0 Å². The summed E-state index contributed by atoms with van der Waals surface area (Å²) in [6.07, 6.45) is 7.42. The predicted molar refractivity (Wildman–Crippen MR) is 112 cm³/mol. The Morgan fingerprint density at radius 2 is 1.86 bits per heavy atom. The first kappa shape index (κ1) is 21.7. The Labute approximate surface area is 168 Å². The van der Waals surface area contributed by atoms with E-state index in [9.17, 15) is 9.18 Å². The highest BCUT2D eigenvalue weighted by molar-refractivity contribution is 5.86. The number of rotatable bonds is 9. The molecule has 0 spiro atoms. The Hall–Kier alpha value is -2.60. The Morgan fingerprint density at radius 3 is 2.46 bits per heavy atom. The van der Waals surface area contributed by atoms with E-state index in [2.05, 4.69) is 5.92 Å². The van der Waals surface area contributed by atoms with E-state index in [1.807, 2.05) is 51.1 Å². The molecule has 1 atom stereocenters. The van der Waals surface area contributed by atoms with E-state index < -0.39 is 0 Å². The van der Waals surface area contributed by atoms with Gasteiger partial charge in [-0.25, -0.2) is 4.39 Å². The summed E-state index contributed by atoms with van der Waals surface area (Å²) in [5, 5.41) is 0. The third kappa shape index (κ3) is 5.70. The first-order valence-electron chi connectivity index (χ1n) is 9.84. The SMILES string of the molecule is C#C[C@H](C(=O)Cc1ccc(CCc2ccc(F)c(C)c2)c(OCC)c1)C(C)C. The molecule has 2 rings (SSSR count). The van der Waals surface area contributed by atoms with Crippen LogP contribution in [0.15, 0.2) is 36.4 Å². The van der Waals surface area contributed by atoms with Gasteiger partial charge in [-0.3, -0.25) is 4.79 Å². The largest absolute Gasteiger partial charge is 0.494 e. The molecular formula is C25H29FO2. The van der Waals surface area contributed by atoms with E-state index in [-0.39, 0.29) is 23.4 Å². The molecule has 0 fully saturated rings. The first-order chi connectivity index (χ1) is 13.3. The van der Waals surface area contributed by atoms with Gasteiger partial charge in [0.15, 0.2) is 5.78 Å². The van der Waals surface area contributed by atoms with Crippen LogP contribution in [0.25, 0.3) is 0 Å². The Morgan fingerprint density at radius 1 is 1.14 bits per heavy atom. The molecule has 0 aliphatic rings. The number of halogens is 1. The van der Waals surface area contributed by atoms with Gasteiger partial charge in [-0.2, -0.15) is 0 Å². The van der Waals surface area contributed by atoms with E-state index in [0.717, 1.165) is 35.3 Å². The Bertz CT molecular complexity index is 861. The Kier molecular flexibility index (Phi) is 7.81. The fraction of sp³-hybridized carbons (Fsp3) is 0.400. The van der Waals surface area contributed by atoms with Crippen molar-refractivity contribution in [1.82, 2.24) is 0 Å². The summed E-state index contributed by atoms with van der Waals surface area (Å²) in [6, 6.07) is 11.2. The highest BCUT2D eigenvalue weighted by Gasteiger charge is 2.20. The van der Waals surface area contributed by atoms with Crippen LogP contribution in [0.4, 0.5) is 4.39 Å². The van der Waals surface area contributed by atoms with Gasteiger partial charge < -0.3 is 4.74 Å². The summed E-state index contributed by atoms with van der Waals surface area (Å²) >= 11 is 0. The molecule has 0 saturated heterocycles. The third-order valence-corrected chi connectivity index (χ3v) is 4.91. The number of benzene rings is 2. The number of hydrogen-bond donors (Lipinski definition) is 0. The number of carbonyl (C=O) groups is 1. The molecule has 0 aliphatic carbocycles. The topological polar surface area (TPSA) is 26.3 Å². The molecule has 0 bridgehead atoms. The van der Waals surface area contributed by atoms with Gasteiger partial charge in [-0.15, -0.1) is 6.42 Å². The van der Waals surface area contributed by atoms with Gasteiger partial charge in [0.05, 0.1) is 12.5 Å². The highest BCUT2D eigenvalue weighted by atomic mass is 19.1. The third-order valence-electron chi connectivity index (χ3n) is 4.91. The van der Waals surface area contributed by atoms with Gasteiger partial charge in [-0.1, -0.05) is 44.0 Å². The lowest BCUT2D eigenvalue weighted by molar-refractivity contribution is -0.121. The van der Waals surface area contributed by atoms with Crippen LogP contribution >= 0.6 is 0 Å². The maximum Gasteiger partial charge on any atom is 0.152 e. The number of Topliss-reactive ketones (excluding diaryl/α,β-unsaturated/α-hetero) is 1. The van der Waals surface area contributed by atoms with Crippen molar-refractivity contribution >= 4 is 5.78 Å². The number of carbonyl (C=O) groups excluding carboxylic acids is 1. The molecule has 3 heteroatoms. The lowest BCUT2D eigenvalue weighted by Gasteiger charge is -2.15. The minimum absolute atomic E-state index is 0.0643. The zero-order valence-electron chi connectivity index (χ0n) is 17.2. The molecule has 2 nitrogen and oxygen atoms in total. The van der Waals surface area contributed by atoms with E-state index >= 15 is 0 Å².